The van der Waals surface area contributed by atoms with E-state index in [0.29, 0.717) is 11.3 Å². The van der Waals surface area contributed by atoms with Crippen molar-refractivity contribution in [2.75, 3.05) is 11.4 Å². The Morgan fingerprint density at radius 1 is 1.23 bits per heavy atom. The van der Waals surface area contributed by atoms with Crippen LogP contribution in [0.15, 0.2) is 48.8 Å². The van der Waals surface area contributed by atoms with Crippen LogP contribution in [0.5, 0.6) is 0 Å². The number of aryl methyl sites for hydroxylation is 1. The minimum Gasteiger partial charge on any atom is -0.481 e. The largest absolute Gasteiger partial charge is 0.481 e. The molecule has 1 aromatic heterocycles. The Morgan fingerprint density at radius 3 is 2.55 bits per heavy atom. The molecular formula is C17H18N2O3. The summed E-state index contributed by atoms with van der Waals surface area (Å²) in [6.45, 7) is 3.59. The maximum Gasteiger partial charge on any atom is 0.308 e. The molecule has 0 saturated heterocycles. The molecule has 22 heavy (non-hydrogen) atoms. The van der Waals surface area contributed by atoms with E-state index in [1.807, 2.05) is 31.2 Å². The van der Waals surface area contributed by atoms with Crippen LogP contribution in [0.4, 0.5) is 5.69 Å². The highest BCUT2D eigenvalue weighted by Crippen LogP contribution is 2.22. The van der Waals surface area contributed by atoms with Crippen molar-refractivity contribution in [3.05, 3.63) is 59.9 Å². The molecule has 1 heterocycles. The Bertz CT molecular complexity index is 671. The van der Waals surface area contributed by atoms with Crippen molar-refractivity contribution in [1.29, 1.82) is 0 Å². The van der Waals surface area contributed by atoms with Crippen molar-refractivity contribution in [3.63, 3.8) is 0 Å². The number of hydrogen-bond donors (Lipinski definition) is 1. The Kier molecular flexibility index (Phi) is 4.88. The lowest BCUT2D eigenvalue weighted by Gasteiger charge is -2.26. The first kappa shape index (κ1) is 15.7. The predicted molar refractivity (Wildman–Crippen MR) is 83.9 cm³/mol. The van der Waals surface area contributed by atoms with Crippen LogP contribution in [0.2, 0.25) is 0 Å². The number of pyridine rings is 1. The molecule has 1 atom stereocenters. The number of hydrogen-bond acceptors (Lipinski definition) is 3. The first-order chi connectivity index (χ1) is 10.5. The van der Waals surface area contributed by atoms with Gasteiger partial charge in [0.2, 0.25) is 0 Å². The highest BCUT2D eigenvalue weighted by atomic mass is 16.4. The molecule has 0 aliphatic rings. The maximum absolute atomic E-state index is 12.7. The van der Waals surface area contributed by atoms with Gasteiger partial charge in [0.25, 0.3) is 5.91 Å². The third-order valence-corrected chi connectivity index (χ3v) is 3.44. The number of anilines is 1. The van der Waals surface area contributed by atoms with Crippen LogP contribution in [0.25, 0.3) is 0 Å². The van der Waals surface area contributed by atoms with Crippen molar-refractivity contribution in [3.8, 4) is 0 Å². The van der Waals surface area contributed by atoms with Crippen LogP contribution in [0, 0.1) is 12.8 Å². The summed E-state index contributed by atoms with van der Waals surface area (Å²) in [6, 6.07) is 10.8. The lowest BCUT2D eigenvalue weighted by molar-refractivity contribution is -0.140. The molecule has 0 bridgehead atoms. The van der Waals surface area contributed by atoms with Crippen LogP contribution in [-0.2, 0) is 4.79 Å². The zero-order valence-electron chi connectivity index (χ0n) is 12.6. The summed E-state index contributed by atoms with van der Waals surface area (Å²) in [4.78, 5) is 29.4. The number of carbonyl (C=O) groups is 2. The number of aromatic nitrogens is 1. The van der Waals surface area contributed by atoms with Crippen LogP contribution in [-0.4, -0.2) is 28.5 Å². The highest BCUT2D eigenvalue weighted by molar-refractivity contribution is 6.06. The summed E-state index contributed by atoms with van der Waals surface area (Å²) in [5, 5.41) is 9.15. The van der Waals surface area contributed by atoms with Gasteiger partial charge in [0, 0.05) is 24.6 Å². The number of carbonyl (C=O) groups excluding carboxylic acids is 1. The Hall–Kier alpha value is -2.69. The van der Waals surface area contributed by atoms with Gasteiger partial charge in [0.1, 0.15) is 0 Å². The number of rotatable bonds is 5. The number of carboxylic acids is 1. The first-order valence-corrected chi connectivity index (χ1v) is 7.01. The summed E-state index contributed by atoms with van der Waals surface area (Å²) < 4.78 is 0. The number of carboxylic acid groups (broad SMARTS) is 1. The number of nitrogens with zero attached hydrogens (tertiary/aromatic N) is 2. The molecule has 5 nitrogen and oxygen atoms in total. The predicted octanol–water partition coefficient (Wildman–Crippen LogP) is 2.76. The molecule has 1 aromatic carbocycles. The van der Waals surface area contributed by atoms with Gasteiger partial charge in [-0.1, -0.05) is 25.1 Å². The van der Waals surface area contributed by atoms with E-state index in [9.17, 15) is 9.59 Å². The van der Waals surface area contributed by atoms with Crippen molar-refractivity contribution in [1.82, 2.24) is 4.98 Å². The zero-order valence-corrected chi connectivity index (χ0v) is 12.6. The van der Waals surface area contributed by atoms with Gasteiger partial charge in [-0.25, -0.2) is 0 Å². The minimum absolute atomic E-state index is 0.105. The van der Waals surface area contributed by atoms with Gasteiger partial charge in [-0.3, -0.25) is 14.6 Å². The van der Waals surface area contributed by atoms with Crippen LogP contribution < -0.4 is 4.90 Å². The lowest BCUT2D eigenvalue weighted by Crippen LogP contribution is -2.37. The zero-order chi connectivity index (χ0) is 16.1. The third-order valence-electron chi connectivity index (χ3n) is 3.44. The molecule has 0 spiro atoms. The number of aliphatic carboxylic acids is 1. The maximum atomic E-state index is 12.7. The summed E-state index contributed by atoms with van der Waals surface area (Å²) in [5.41, 5.74) is 2.06. The standard InChI is InChI=1S/C17H18N2O3/c1-12-6-3-4-8-15(12)19(11-13(2)17(21)22)16(20)14-7-5-9-18-10-14/h3-10,13H,11H2,1-2H3,(H,21,22). The normalized spacial score (nSPS) is 11.7. The average molecular weight is 298 g/mol. The number of amides is 1. The summed E-state index contributed by atoms with van der Waals surface area (Å²) >= 11 is 0. The molecule has 0 fully saturated rings. The van der Waals surface area contributed by atoms with E-state index >= 15 is 0 Å². The molecule has 2 aromatic rings. The molecule has 5 heteroatoms. The van der Waals surface area contributed by atoms with E-state index in [2.05, 4.69) is 4.98 Å². The van der Waals surface area contributed by atoms with E-state index in [-0.39, 0.29) is 12.5 Å². The summed E-state index contributed by atoms with van der Waals surface area (Å²) in [5.74, 6) is -1.85. The van der Waals surface area contributed by atoms with Crippen molar-refractivity contribution in [2.45, 2.75) is 13.8 Å². The van der Waals surface area contributed by atoms with Gasteiger partial charge in [-0.05, 0) is 30.7 Å². The van der Waals surface area contributed by atoms with Gasteiger partial charge in [-0.2, -0.15) is 0 Å². The molecule has 2 rings (SSSR count). The van der Waals surface area contributed by atoms with E-state index in [1.54, 1.807) is 25.3 Å². The van der Waals surface area contributed by atoms with Crippen LogP contribution in [0.3, 0.4) is 0 Å². The monoisotopic (exact) mass is 298 g/mol. The topological polar surface area (TPSA) is 70.5 Å². The summed E-state index contributed by atoms with van der Waals surface area (Å²) in [7, 11) is 0. The smallest absolute Gasteiger partial charge is 0.308 e. The van der Waals surface area contributed by atoms with E-state index in [0.717, 1.165) is 5.56 Å². The van der Waals surface area contributed by atoms with E-state index in [1.165, 1.54) is 11.1 Å². The quantitative estimate of drug-likeness (QED) is 0.921. The molecule has 1 unspecified atom stereocenters. The van der Waals surface area contributed by atoms with Gasteiger partial charge < -0.3 is 10.0 Å². The van der Waals surface area contributed by atoms with Crippen molar-refractivity contribution in [2.24, 2.45) is 5.92 Å². The van der Waals surface area contributed by atoms with Gasteiger partial charge in [-0.15, -0.1) is 0 Å². The Balaban J connectivity index is 2.40. The lowest BCUT2D eigenvalue weighted by atomic mass is 10.1. The van der Waals surface area contributed by atoms with Gasteiger partial charge >= 0.3 is 5.97 Å². The fourth-order valence-electron chi connectivity index (χ4n) is 2.15. The first-order valence-electron chi connectivity index (χ1n) is 7.01. The fourth-order valence-corrected chi connectivity index (χ4v) is 2.15. The molecule has 114 valence electrons. The molecule has 0 aliphatic heterocycles. The highest BCUT2D eigenvalue weighted by Gasteiger charge is 2.24. The van der Waals surface area contributed by atoms with Crippen LogP contribution in [0.1, 0.15) is 22.8 Å². The van der Waals surface area contributed by atoms with E-state index < -0.39 is 11.9 Å². The Labute approximate surface area is 129 Å². The summed E-state index contributed by atoms with van der Waals surface area (Å²) in [6.07, 6.45) is 3.08. The minimum atomic E-state index is -0.933. The fraction of sp³-hybridized carbons (Fsp3) is 0.235. The number of benzene rings is 1. The second-order valence-electron chi connectivity index (χ2n) is 5.18. The van der Waals surface area contributed by atoms with Gasteiger partial charge in [0.15, 0.2) is 0 Å². The van der Waals surface area contributed by atoms with E-state index in [4.69, 9.17) is 5.11 Å². The molecule has 1 amide bonds. The van der Waals surface area contributed by atoms with Crippen molar-refractivity contribution >= 4 is 17.6 Å². The average Bonchev–Trinajstić information content (AvgIpc) is 2.53. The third kappa shape index (κ3) is 3.49. The second kappa shape index (κ2) is 6.85. The molecule has 0 radical (unpaired) electrons. The number of para-hydroxylation sites is 1. The molecule has 0 saturated carbocycles. The molecule has 0 aliphatic carbocycles. The van der Waals surface area contributed by atoms with Crippen LogP contribution >= 0.6 is 0 Å². The molecular weight excluding hydrogens is 280 g/mol. The SMILES string of the molecule is Cc1ccccc1N(CC(C)C(=O)O)C(=O)c1cccnc1. The van der Waals surface area contributed by atoms with Gasteiger partial charge in [0.05, 0.1) is 11.5 Å². The Morgan fingerprint density at radius 2 is 1.95 bits per heavy atom. The molecule has 1 N–H and O–H groups in total. The van der Waals surface area contributed by atoms with Crippen molar-refractivity contribution < 1.29 is 14.7 Å². The second-order valence-corrected chi connectivity index (χ2v) is 5.18.